The van der Waals surface area contributed by atoms with E-state index in [1.807, 2.05) is 0 Å². The van der Waals surface area contributed by atoms with Crippen molar-refractivity contribution < 1.29 is 34.4 Å². The number of nitrogens with zero attached hydrogens (tertiary/aromatic N) is 1. The third-order valence-electron chi connectivity index (χ3n) is 0. The zero-order chi connectivity index (χ0) is 2.00. The summed E-state index contributed by atoms with van der Waals surface area (Å²) in [6.45, 7) is 0. The van der Waals surface area contributed by atoms with Gasteiger partial charge in [-0.1, -0.05) is 0 Å². The van der Waals surface area contributed by atoms with Crippen molar-refractivity contribution >= 4 is 0 Å². The molecule has 0 unspecified atom stereocenters. The van der Waals surface area contributed by atoms with Crippen LogP contribution in [-0.4, -0.2) is 0 Å². The molecule has 0 atom stereocenters. The monoisotopic (exact) mass is 137 g/mol. The molecule has 0 N–H and O–H groups in total. The molecular weight excluding hydrogens is 137 g/mol. The van der Waals surface area contributed by atoms with Crippen molar-refractivity contribution in [1.82, 2.24) is 5.59 Å². The van der Waals surface area contributed by atoms with Crippen molar-refractivity contribution in [2.75, 3.05) is 0 Å². The average molecular weight is 137 g/mol. The summed E-state index contributed by atoms with van der Waals surface area (Å²) in [5, 5.41) is 0. The maximum absolute atomic E-state index is 7.25. The summed E-state index contributed by atoms with van der Waals surface area (Å²) in [6, 6.07) is 0. The summed E-state index contributed by atoms with van der Waals surface area (Å²) >= 11 is 0. The van der Waals surface area contributed by atoms with Crippen molar-refractivity contribution in [1.29, 1.82) is 0 Å². The molecule has 24 valence electrons. The molecule has 0 amide bonds. The van der Waals surface area contributed by atoms with Crippen molar-refractivity contribution in [2.24, 2.45) is 0 Å². The van der Waals surface area contributed by atoms with Crippen LogP contribution < -0.4 is 5.59 Å². The van der Waals surface area contributed by atoms with Crippen LogP contribution >= 0.6 is 0 Å². The summed E-state index contributed by atoms with van der Waals surface area (Å²) in [4.78, 5) is 7.25. The number of rotatable bonds is 0. The van der Waals surface area contributed by atoms with Gasteiger partial charge in [0.15, 0.2) is 0 Å². The Labute approximate surface area is 45.3 Å². The second-order valence-electron chi connectivity index (χ2n) is 0. The molecule has 0 aromatic rings. The summed E-state index contributed by atoms with van der Waals surface area (Å²) in [7, 11) is 0. The van der Waals surface area contributed by atoms with Crippen LogP contribution in [0.2, 0.25) is 0 Å². The molecular formula is CrMnNO. The second-order valence-corrected chi connectivity index (χ2v) is 0. The Bertz CT molecular complexity index is 8.00. The van der Waals surface area contributed by atoms with Gasteiger partial charge in [0.05, 0.1) is 0 Å². The third kappa shape index (κ3) is 17.0. The minimum absolute atomic E-state index is 0. The maximum Gasteiger partial charge on any atom is 0.120 e. The van der Waals surface area contributed by atoms with Crippen LogP contribution in [-0.2, 0) is 34.4 Å². The van der Waals surface area contributed by atoms with E-state index in [0.717, 1.165) is 0 Å². The molecule has 2 nitrogen and oxygen atoms in total. The fourth-order valence-electron chi connectivity index (χ4n) is 0. The first kappa shape index (κ1) is 22.7. The van der Waals surface area contributed by atoms with E-state index in [1.54, 1.807) is 0 Å². The molecule has 2 radical (unpaired) electrons. The molecule has 0 aromatic carbocycles. The number of hydrogen-bond acceptors (Lipinski definition) is 1. The Hall–Kier alpha value is 0.652. The van der Waals surface area contributed by atoms with Gasteiger partial charge in [-0.25, -0.2) is 0 Å². The van der Waals surface area contributed by atoms with Gasteiger partial charge in [-0.2, -0.15) is 0 Å². The topological polar surface area (TPSA) is 39.4 Å². The molecule has 0 aliphatic heterocycles. The van der Waals surface area contributed by atoms with Crippen LogP contribution in [0.4, 0.5) is 0 Å². The van der Waals surface area contributed by atoms with E-state index in [0.29, 0.717) is 0 Å². The van der Waals surface area contributed by atoms with E-state index < -0.39 is 0 Å². The van der Waals surface area contributed by atoms with Gasteiger partial charge in [0, 0.05) is 34.4 Å². The van der Waals surface area contributed by atoms with E-state index in [9.17, 15) is 0 Å². The zero-order valence-electron chi connectivity index (χ0n) is 1.64. The van der Waals surface area contributed by atoms with E-state index >= 15 is 0 Å². The van der Waals surface area contributed by atoms with Crippen molar-refractivity contribution in [2.45, 2.75) is 0 Å². The smallest absolute Gasteiger partial charge is 0.120 e. The molecule has 0 bridgehead atoms. The fraction of sp³-hybridized carbons (Fsp3) is 0. The largest absolute Gasteiger partial charge is 0.120 e. The molecule has 0 aliphatic carbocycles. The van der Waals surface area contributed by atoms with Gasteiger partial charge in [0.2, 0.25) is 0 Å². The van der Waals surface area contributed by atoms with Gasteiger partial charge < -0.3 is 0 Å². The molecule has 0 aromatic heterocycles. The van der Waals surface area contributed by atoms with Crippen LogP contribution in [0.15, 0.2) is 0 Å². The van der Waals surface area contributed by atoms with Crippen LogP contribution in [0.1, 0.15) is 0 Å². The third-order valence-corrected chi connectivity index (χ3v) is 0. The fourth-order valence-corrected chi connectivity index (χ4v) is 0. The standard InChI is InChI=1S/Cr.Mn.NO/c;;1-2. The quantitative estimate of drug-likeness (QED) is 0.416. The minimum Gasteiger partial charge on any atom is -0.120 e. The number of nitroso groups, excluding NO2 is 1. The van der Waals surface area contributed by atoms with E-state index in [1.165, 1.54) is 0 Å². The molecule has 0 saturated heterocycles. The van der Waals surface area contributed by atoms with E-state index in [2.05, 4.69) is 0 Å². The maximum atomic E-state index is 7.25. The van der Waals surface area contributed by atoms with Crippen molar-refractivity contribution in [3.05, 3.63) is 4.91 Å². The van der Waals surface area contributed by atoms with Crippen molar-refractivity contribution in [3.8, 4) is 0 Å². The summed E-state index contributed by atoms with van der Waals surface area (Å²) < 4.78 is 0. The Morgan fingerprint density at radius 2 is 1.25 bits per heavy atom. The predicted molar refractivity (Wildman–Crippen MR) is 5.50 cm³/mol. The van der Waals surface area contributed by atoms with Crippen LogP contribution in [0, 0.1) is 4.91 Å². The van der Waals surface area contributed by atoms with Gasteiger partial charge >= 0.3 is 0 Å². The molecule has 0 fully saturated rings. The van der Waals surface area contributed by atoms with Gasteiger partial charge in [-0.3, -0.25) is 0 Å². The molecule has 4 heteroatoms. The van der Waals surface area contributed by atoms with Gasteiger partial charge in [0.25, 0.3) is 0 Å². The zero-order valence-corrected chi connectivity index (χ0v) is 4.10. The SMILES string of the molecule is [Cr].[Mn].[N]=O. The molecule has 0 heterocycles. The van der Waals surface area contributed by atoms with E-state index in [4.69, 9.17) is 10.5 Å². The summed E-state index contributed by atoms with van der Waals surface area (Å²) in [6.07, 6.45) is 0. The Morgan fingerprint density at radius 1 is 1.25 bits per heavy atom. The van der Waals surface area contributed by atoms with E-state index in [-0.39, 0.29) is 34.4 Å². The number of hydrogen-bond donors (Lipinski definition) is 0. The first-order chi connectivity index (χ1) is 1.00. The average Bonchev–Trinajstić information content (AvgIpc) is 1.00. The Balaban J connectivity index is -0.00000000500. The molecule has 0 saturated carbocycles. The van der Waals surface area contributed by atoms with Crippen LogP contribution in [0.25, 0.3) is 0 Å². The first-order valence-electron chi connectivity index (χ1n) is 0.183. The van der Waals surface area contributed by atoms with Crippen LogP contribution in [0.3, 0.4) is 0 Å². The Morgan fingerprint density at radius 3 is 1.25 bits per heavy atom. The molecule has 4 heavy (non-hydrogen) atoms. The van der Waals surface area contributed by atoms with Crippen LogP contribution in [0.5, 0.6) is 0 Å². The summed E-state index contributed by atoms with van der Waals surface area (Å²) in [5.41, 5.74) is 5.75. The van der Waals surface area contributed by atoms with Gasteiger partial charge in [-0.05, 0) is 0 Å². The molecule has 0 spiro atoms. The summed E-state index contributed by atoms with van der Waals surface area (Å²) in [5.74, 6) is 0. The first-order valence-corrected chi connectivity index (χ1v) is 0.183. The second kappa shape index (κ2) is 60.4. The molecule has 0 rings (SSSR count). The van der Waals surface area contributed by atoms with Gasteiger partial charge in [0.1, 0.15) is 5.59 Å². The van der Waals surface area contributed by atoms with Crippen molar-refractivity contribution in [3.63, 3.8) is 0 Å². The molecule has 0 aliphatic rings. The van der Waals surface area contributed by atoms with Gasteiger partial charge in [-0.15, -0.1) is 4.91 Å². The normalized spacial score (nSPS) is 1.00. The minimum atomic E-state index is 0. The Kier molecular flexibility index (Phi) is 343. The predicted octanol–water partition coefficient (Wildman–Crippen LogP) is -0.452.